The van der Waals surface area contributed by atoms with Crippen LogP contribution in [0.15, 0.2) is 4.99 Å². The van der Waals surface area contributed by atoms with Gasteiger partial charge in [0.25, 0.3) is 0 Å². The molecule has 2 heterocycles. The Hall–Kier alpha value is -0.810. The first-order valence-corrected chi connectivity index (χ1v) is 8.97. The molecule has 5 heteroatoms. The van der Waals surface area contributed by atoms with Crippen LogP contribution in [0.3, 0.4) is 0 Å². The number of likely N-dealkylation sites (N-methyl/N-ethyl adjacent to an activating group) is 1. The maximum atomic E-state index is 5.57. The SMILES string of the molecule is CCNC(=NCC1(N(C)C)CCOCC1)N1CC(C)(C)C1(C)C. The molecule has 23 heavy (non-hydrogen) atoms. The van der Waals surface area contributed by atoms with Gasteiger partial charge in [-0.3, -0.25) is 4.99 Å². The Morgan fingerprint density at radius 3 is 2.22 bits per heavy atom. The van der Waals surface area contributed by atoms with Crippen LogP contribution in [0.25, 0.3) is 0 Å². The lowest BCUT2D eigenvalue weighted by Crippen LogP contribution is -2.72. The van der Waals surface area contributed by atoms with Gasteiger partial charge in [0.2, 0.25) is 0 Å². The summed E-state index contributed by atoms with van der Waals surface area (Å²) >= 11 is 0. The molecule has 0 unspecified atom stereocenters. The molecule has 2 fully saturated rings. The maximum absolute atomic E-state index is 5.57. The highest BCUT2D eigenvalue weighted by molar-refractivity contribution is 5.82. The zero-order valence-electron chi connectivity index (χ0n) is 16.2. The summed E-state index contributed by atoms with van der Waals surface area (Å²) in [4.78, 5) is 9.82. The van der Waals surface area contributed by atoms with Gasteiger partial charge < -0.3 is 19.9 Å². The lowest BCUT2D eigenvalue weighted by atomic mass is 9.65. The van der Waals surface area contributed by atoms with Gasteiger partial charge in [0.1, 0.15) is 0 Å². The van der Waals surface area contributed by atoms with Gasteiger partial charge >= 0.3 is 0 Å². The predicted octanol–water partition coefficient (Wildman–Crippen LogP) is 2.18. The van der Waals surface area contributed by atoms with Gasteiger partial charge in [-0.2, -0.15) is 0 Å². The molecule has 0 atom stereocenters. The normalized spacial score (nSPS) is 26.1. The number of nitrogens with zero attached hydrogens (tertiary/aromatic N) is 3. The van der Waals surface area contributed by atoms with Crippen molar-refractivity contribution in [3.05, 3.63) is 0 Å². The fourth-order valence-electron chi connectivity index (χ4n) is 3.52. The van der Waals surface area contributed by atoms with Crippen LogP contribution in [-0.2, 0) is 4.74 Å². The summed E-state index contributed by atoms with van der Waals surface area (Å²) in [5.74, 6) is 1.06. The maximum Gasteiger partial charge on any atom is 0.194 e. The molecule has 0 spiro atoms. The summed E-state index contributed by atoms with van der Waals surface area (Å²) < 4.78 is 5.57. The van der Waals surface area contributed by atoms with Gasteiger partial charge in [0.05, 0.1) is 6.54 Å². The number of ether oxygens (including phenoxy) is 1. The summed E-state index contributed by atoms with van der Waals surface area (Å²) in [5.41, 5.74) is 0.583. The summed E-state index contributed by atoms with van der Waals surface area (Å²) in [6, 6.07) is 0. The lowest BCUT2D eigenvalue weighted by molar-refractivity contribution is -0.0671. The van der Waals surface area contributed by atoms with Crippen LogP contribution in [0.2, 0.25) is 0 Å². The second kappa shape index (κ2) is 6.60. The number of guanidine groups is 1. The Kier molecular flexibility index (Phi) is 5.31. The fourth-order valence-corrected chi connectivity index (χ4v) is 3.52. The summed E-state index contributed by atoms with van der Waals surface area (Å²) in [7, 11) is 4.34. The van der Waals surface area contributed by atoms with E-state index < -0.39 is 0 Å². The first kappa shape index (κ1) is 18.5. The van der Waals surface area contributed by atoms with E-state index in [2.05, 4.69) is 63.8 Å². The van der Waals surface area contributed by atoms with Crippen molar-refractivity contribution >= 4 is 5.96 Å². The predicted molar refractivity (Wildman–Crippen MR) is 97.0 cm³/mol. The minimum absolute atomic E-state index is 0.128. The molecule has 0 aromatic heterocycles. The van der Waals surface area contributed by atoms with Crippen LogP contribution in [0.5, 0.6) is 0 Å². The number of hydrogen-bond acceptors (Lipinski definition) is 3. The van der Waals surface area contributed by atoms with E-state index in [1.165, 1.54) is 0 Å². The first-order chi connectivity index (χ1) is 10.7. The minimum Gasteiger partial charge on any atom is -0.381 e. The van der Waals surface area contributed by atoms with Crippen molar-refractivity contribution in [1.29, 1.82) is 0 Å². The monoisotopic (exact) mass is 324 g/mol. The van der Waals surface area contributed by atoms with Crippen molar-refractivity contribution in [2.24, 2.45) is 10.4 Å². The Morgan fingerprint density at radius 2 is 1.78 bits per heavy atom. The van der Waals surface area contributed by atoms with Crippen molar-refractivity contribution < 1.29 is 4.74 Å². The van der Waals surface area contributed by atoms with Crippen LogP contribution in [0.1, 0.15) is 47.5 Å². The van der Waals surface area contributed by atoms with E-state index in [0.29, 0.717) is 5.41 Å². The zero-order chi connectivity index (χ0) is 17.3. The van der Waals surface area contributed by atoms with Gasteiger partial charge in [-0.15, -0.1) is 0 Å². The lowest BCUT2D eigenvalue weighted by Gasteiger charge is -2.62. The topological polar surface area (TPSA) is 40.1 Å². The van der Waals surface area contributed by atoms with E-state index in [4.69, 9.17) is 9.73 Å². The number of aliphatic imine (C=N–C) groups is 1. The highest BCUT2D eigenvalue weighted by Gasteiger charge is 2.53. The van der Waals surface area contributed by atoms with Crippen LogP contribution >= 0.6 is 0 Å². The molecule has 0 bridgehead atoms. The van der Waals surface area contributed by atoms with Crippen molar-refractivity contribution in [3.8, 4) is 0 Å². The summed E-state index contributed by atoms with van der Waals surface area (Å²) in [5, 5.41) is 3.50. The molecule has 0 amide bonds. The minimum atomic E-state index is 0.128. The molecular weight excluding hydrogens is 288 g/mol. The van der Waals surface area contributed by atoms with E-state index in [1.54, 1.807) is 0 Å². The molecule has 2 aliphatic heterocycles. The van der Waals surface area contributed by atoms with Gasteiger partial charge in [-0.25, -0.2) is 0 Å². The molecule has 134 valence electrons. The van der Waals surface area contributed by atoms with Crippen LogP contribution < -0.4 is 5.32 Å². The molecule has 2 aliphatic rings. The van der Waals surface area contributed by atoms with E-state index in [1.807, 2.05) is 0 Å². The molecule has 5 nitrogen and oxygen atoms in total. The van der Waals surface area contributed by atoms with Gasteiger partial charge in [0, 0.05) is 42.8 Å². The number of likely N-dealkylation sites (tertiary alicyclic amines) is 1. The third kappa shape index (κ3) is 3.36. The standard InChI is InChI=1S/C18H36N4O/c1-8-19-15(22-14-16(2,3)17(22,4)5)20-13-18(21(6)7)9-11-23-12-10-18/h8-14H2,1-7H3,(H,19,20). The Labute approximate surface area is 142 Å². The summed E-state index contributed by atoms with van der Waals surface area (Å²) in [6.45, 7) is 15.9. The third-order valence-electron chi connectivity index (χ3n) is 6.37. The molecule has 0 aromatic carbocycles. The van der Waals surface area contributed by atoms with Crippen LogP contribution in [-0.4, -0.2) is 73.8 Å². The molecule has 2 saturated heterocycles. The fraction of sp³-hybridized carbons (Fsp3) is 0.944. The third-order valence-corrected chi connectivity index (χ3v) is 6.37. The second-order valence-corrected chi connectivity index (χ2v) is 8.43. The Bertz CT molecular complexity index is 436. The van der Waals surface area contributed by atoms with E-state index >= 15 is 0 Å². The first-order valence-electron chi connectivity index (χ1n) is 8.97. The molecular formula is C18H36N4O. The van der Waals surface area contributed by atoms with Crippen molar-refractivity contribution in [2.75, 3.05) is 46.9 Å². The van der Waals surface area contributed by atoms with E-state index in [0.717, 1.165) is 51.6 Å². The van der Waals surface area contributed by atoms with Crippen molar-refractivity contribution in [2.45, 2.75) is 58.5 Å². The van der Waals surface area contributed by atoms with Crippen molar-refractivity contribution in [3.63, 3.8) is 0 Å². The van der Waals surface area contributed by atoms with Crippen LogP contribution in [0, 0.1) is 5.41 Å². The molecule has 0 radical (unpaired) electrons. The van der Waals surface area contributed by atoms with Gasteiger partial charge in [0.15, 0.2) is 5.96 Å². The number of hydrogen-bond donors (Lipinski definition) is 1. The summed E-state index contributed by atoms with van der Waals surface area (Å²) in [6.07, 6.45) is 2.11. The van der Waals surface area contributed by atoms with Crippen molar-refractivity contribution in [1.82, 2.24) is 15.1 Å². The van der Waals surface area contributed by atoms with Gasteiger partial charge in [-0.1, -0.05) is 13.8 Å². The van der Waals surface area contributed by atoms with E-state index in [-0.39, 0.29) is 11.1 Å². The molecule has 2 rings (SSSR count). The van der Waals surface area contributed by atoms with Crippen LogP contribution in [0.4, 0.5) is 0 Å². The molecule has 0 aromatic rings. The molecule has 0 aliphatic carbocycles. The second-order valence-electron chi connectivity index (χ2n) is 8.43. The largest absolute Gasteiger partial charge is 0.381 e. The molecule has 0 saturated carbocycles. The molecule has 1 N–H and O–H groups in total. The average molecular weight is 325 g/mol. The Balaban J connectivity index is 2.16. The smallest absolute Gasteiger partial charge is 0.194 e. The quantitative estimate of drug-likeness (QED) is 0.636. The Morgan fingerprint density at radius 1 is 1.17 bits per heavy atom. The zero-order valence-corrected chi connectivity index (χ0v) is 16.2. The highest BCUT2D eigenvalue weighted by Crippen LogP contribution is 2.46. The van der Waals surface area contributed by atoms with Gasteiger partial charge in [-0.05, 0) is 47.7 Å². The number of nitrogens with one attached hydrogen (secondary N) is 1. The van der Waals surface area contributed by atoms with E-state index in [9.17, 15) is 0 Å². The number of rotatable bonds is 4. The average Bonchev–Trinajstić information content (AvgIpc) is 2.50. The highest BCUT2D eigenvalue weighted by atomic mass is 16.5.